The Morgan fingerprint density at radius 1 is 1.21 bits per heavy atom. The molecule has 1 aliphatic heterocycles. The highest BCUT2D eigenvalue weighted by Gasteiger charge is 2.46. The molecule has 4 rings (SSSR count). The number of aromatic nitrogens is 1. The summed E-state index contributed by atoms with van der Waals surface area (Å²) in [6.45, 7) is 1.87. The highest BCUT2D eigenvalue weighted by atomic mass is 35.5. The van der Waals surface area contributed by atoms with Crippen LogP contribution in [-0.2, 0) is 16.0 Å². The number of pyridine rings is 1. The first-order valence-corrected chi connectivity index (χ1v) is 9.46. The molecule has 2 aromatic rings. The molecule has 1 N–H and O–H groups in total. The molecule has 28 heavy (non-hydrogen) atoms. The van der Waals surface area contributed by atoms with Crippen LogP contribution in [0.5, 0.6) is 0 Å². The molecule has 1 saturated carbocycles. The van der Waals surface area contributed by atoms with Crippen LogP contribution < -0.4 is 5.43 Å². The second kappa shape index (κ2) is 7.45. The van der Waals surface area contributed by atoms with E-state index in [0.717, 1.165) is 17.5 Å². The summed E-state index contributed by atoms with van der Waals surface area (Å²) in [5, 5.41) is 2.32. The van der Waals surface area contributed by atoms with Crippen LogP contribution in [0.1, 0.15) is 30.6 Å². The highest BCUT2D eigenvalue weighted by Crippen LogP contribution is 2.32. The van der Waals surface area contributed by atoms with Gasteiger partial charge in [-0.2, -0.15) is 0 Å². The van der Waals surface area contributed by atoms with Crippen molar-refractivity contribution in [2.75, 3.05) is 0 Å². The number of nitrogens with one attached hydrogen (secondary N) is 1. The number of Topliss-reactive ketones (excluding diaryl/α,β-unsaturated/α-hetero) is 2. The third kappa shape index (κ3) is 3.57. The van der Waals surface area contributed by atoms with Gasteiger partial charge in [-0.1, -0.05) is 23.7 Å². The van der Waals surface area contributed by atoms with E-state index in [1.54, 1.807) is 11.1 Å². The summed E-state index contributed by atoms with van der Waals surface area (Å²) in [6.07, 6.45) is 3.61. The maximum Gasteiger partial charge on any atom is 0.168 e. The van der Waals surface area contributed by atoms with Crippen molar-refractivity contribution in [2.24, 2.45) is 5.92 Å². The lowest BCUT2D eigenvalue weighted by Gasteiger charge is -2.27. The Morgan fingerprint density at radius 3 is 2.64 bits per heavy atom. The molecule has 3 atom stereocenters. The molecule has 1 fully saturated rings. The van der Waals surface area contributed by atoms with Crippen molar-refractivity contribution >= 4 is 23.2 Å². The molecule has 0 radical (unpaired) electrons. The number of hydrogen-bond donors (Lipinski definition) is 1. The number of hydrogen-bond acceptors (Lipinski definition) is 5. The van der Waals surface area contributed by atoms with E-state index in [9.17, 15) is 14.0 Å². The van der Waals surface area contributed by atoms with Crippen LogP contribution in [0.3, 0.4) is 0 Å². The van der Waals surface area contributed by atoms with Gasteiger partial charge in [-0.25, -0.2) is 9.82 Å². The SMILES string of the molecule is CC1=CC(c2ccc(Cl)cc2)NN1C1C(=O)CC(Cc2ccc(F)cn2)C1=O. The lowest BCUT2D eigenvalue weighted by Crippen LogP contribution is -2.47. The number of nitrogens with zero attached hydrogens (tertiary/aromatic N) is 2. The first-order valence-electron chi connectivity index (χ1n) is 9.08. The summed E-state index contributed by atoms with van der Waals surface area (Å²) in [6, 6.07) is 9.32. The average Bonchev–Trinajstić information content (AvgIpc) is 3.17. The number of carbonyl (C=O) groups is 2. The molecular weight excluding hydrogens is 381 g/mol. The topological polar surface area (TPSA) is 62.3 Å². The quantitative estimate of drug-likeness (QED) is 0.798. The molecule has 3 unspecified atom stereocenters. The maximum atomic E-state index is 13.0. The third-order valence-corrected chi connectivity index (χ3v) is 5.47. The van der Waals surface area contributed by atoms with E-state index in [2.05, 4.69) is 10.4 Å². The van der Waals surface area contributed by atoms with Crippen LogP contribution in [0.25, 0.3) is 0 Å². The Kier molecular flexibility index (Phi) is 5.00. The van der Waals surface area contributed by atoms with Gasteiger partial charge >= 0.3 is 0 Å². The Hall–Kier alpha value is -2.57. The van der Waals surface area contributed by atoms with Gasteiger partial charge in [0, 0.05) is 28.8 Å². The number of halogens is 2. The predicted octanol–water partition coefficient (Wildman–Crippen LogP) is 3.41. The fraction of sp³-hybridized carbons (Fsp3) is 0.286. The molecule has 1 aliphatic carbocycles. The summed E-state index contributed by atoms with van der Waals surface area (Å²) in [4.78, 5) is 29.6. The third-order valence-electron chi connectivity index (χ3n) is 5.22. The Balaban J connectivity index is 1.49. The van der Waals surface area contributed by atoms with Crippen molar-refractivity contribution in [3.8, 4) is 0 Å². The van der Waals surface area contributed by atoms with E-state index in [1.807, 2.05) is 37.3 Å². The van der Waals surface area contributed by atoms with E-state index in [1.165, 1.54) is 6.07 Å². The van der Waals surface area contributed by atoms with Gasteiger partial charge in [0.1, 0.15) is 5.82 Å². The standard InChI is InChI=1S/C21H19ClFN3O2/c1-12-8-18(13-2-4-15(22)5-3-13)25-26(12)20-19(27)10-14(21(20)28)9-17-7-6-16(23)11-24-17/h2-8,11,14,18,20,25H,9-10H2,1H3. The minimum Gasteiger partial charge on any atom is -0.297 e. The smallest absolute Gasteiger partial charge is 0.168 e. The molecule has 0 spiro atoms. The highest BCUT2D eigenvalue weighted by molar-refractivity contribution is 6.30. The maximum absolute atomic E-state index is 13.0. The summed E-state index contributed by atoms with van der Waals surface area (Å²) in [5.41, 5.74) is 5.69. The van der Waals surface area contributed by atoms with E-state index in [0.29, 0.717) is 17.1 Å². The second-order valence-electron chi connectivity index (χ2n) is 7.18. The van der Waals surface area contributed by atoms with Crippen LogP contribution in [-0.4, -0.2) is 27.6 Å². The first kappa shape index (κ1) is 18.8. The Labute approximate surface area is 167 Å². The monoisotopic (exact) mass is 399 g/mol. The molecule has 0 bridgehead atoms. The largest absolute Gasteiger partial charge is 0.297 e. The van der Waals surface area contributed by atoms with Crippen molar-refractivity contribution in [2.45, 2.75) is 31.8 Å². The van der Waals surface area contributed by atoms with Crippen molar-refractivity contribution in [1.82, 2.24) is 15.4 Å². The Morgan fingerprint density at radius 2 is 1.96 bits per heavy atom. The van der Waals surface area contributed by atoms with Gasteiger partial charge < -0.3 is 0 Å². The van der Waals surface area contributed by atoms with Crippen LogP contribution in [0.4, 0.5) is 4.39 Å². The summed E-state index contributed by atoms with van der Waals surface area (Å²) in [7, 11) is 0. The number of carbonyl (C=O) groups excluding carboxylic acids is 2. The molecule has 0 amide bonds. The molecule has 2 aliphatic rings. The molecule has 1 aromatic heterocycles. The summed E-state index contributed by atoms with van der Waals surface area (Å²) < 4.78 is 13.0. The van der Waals surface area contributed by atoms with Crippen LogP contribution in [0, 0.1) is 11.7 Å². The van der Waals surface area contributed by atoms with Gasteiger partial charge in [0.15, 0.2) is 17.6 Å². The zero-order chi connectivity index (χ0) is 19.8. The zero-order valence-corrected chi connectivity index (χ0v) is 16.0. The van der Waals surface area contributed by atoms with Gasteiger partial charge in [-0.3, -0.25) is 19.6 Å². The molecule has 5 nitrogen and oxygen atoms in total. The Bertz CT molecular complexity index is 943. The van der Waals surface area contributed by atoms with E-state index in [-0.39, 0.29) is 24.0 Å². The first-order chi connectivity index (χ1) is 13.4. The van der Waals surface area contributed by atoms with Crippen LogP contribution in [0.2, 0.25) is 5.02 Å². The van der Waals surface area contributed by atoms with E-state index >= 15 is 0 Å². The average molecular weight is 400 g/mol. The molecule has 2 heterocycles. The lowest BCUT2D eigenvalue weighted by atomic mass is 10.00. The fourth-order valence-electron chi connectivity index (χ4n) is 3.79. The minimum absolute atomic E-state index is 0.117. The van der Waals surface area contributed by atoms with E-state index in [4.69, 9.17) is 11.6 Å². The number of hydrazine groups is 1. The molecule has 0 saturated heterocycles. The molecule has 144 valence electrons. The molecule has 1 aromatic carbocycles. The van der Waals surface area contributed by atoms with Crippen molar-refractivity contribution in [3.05, 3.63) is 76.5 Å². The number of rotatable bonds is 4. The lowest BCUT2D eigenvalue weighted by molar-refractivity contribution is -0.130. The van der Waals surface area contributed by atoms with Crippen LogP contribution in [0.15, 0.2) is 54.4 Å². The van der Waals surface area contributed by atoms with Gasteiger partial charge in [-0.05, 0) is 49.2 Å². The van der Waals surface area contributed by atoms with Gasteiger partial charge in [0.05, 0.1) is 12.2 Å². The van der Waals surface area contributed by atoms with Crippen LogP contribution >= 0.6 is 11.6 Å². The normalized spacial score (nSPS) is 24.8. The fourth-order valence-corrected chi connectivity index (χ4v) is 3.92. The molecule has 7 heteroatoms. The minimum atomic E-state index is -0.848. The van der Waals surface area contributed by atoms with Gasteiger partial charge in [-0.15, -0.1) is 0 Å². The van der Waals surface area contributed by atoms with Crippen molar-refractivity contribution in [1.29, 1.82) is 0 Å². The van der Waals surface area contributed by atoms with Gasteiger partial charge in [0.2, 0.25) is 0 Å². The van der Waals surface area contributed by atoms with Crippen molar-refractivity contribution in [3.63, 3.8) is 0 Å². The summed E-state index contributed by atoms with van der Waals surface area (Å²) >= 11 is 5.95. The second-order valence-corrected chi connectivity index (χ2v) is 7.62. The zero-order valence-electron chi connectivity index (χ0n) is 15.2. The predicted molar refractivity (Wildman–Crippen MR) is 103 cm³/mol. The van der Waals surface area contributed by atoms with E-state index < -0.39 is 17.8 Å². The number of ketones is 2. The summed E-state index contributed by atoms with van der Waals surface area (Å²) in [5.74, 6) is -1.12. The number of allylic oxidation sites excluding steroid dienone is 1. The molecular formula is C21H19ClFN3O2. The van der Waals surface area contributed by atoms with Gasteiger partial charge in [0.25, 0.3) is 0 Å². The number of benzene rings is 1. The van der Waals surface area contributed by atoms with Crippen molar-refractivity contribution < 1.29 is 14.0 Å².